The van der Waals surface area contributed by atoms with Gasteiger partial charge in [0.15, 0.2) is 6.04 Å². The zero-order chi connectivity index (χ0) is 10.6. The van der Waals surface area contributed by atoms with Crippen LogP contribution >= 0.6 is 0 Å². The maximum atomic E-state index is 8.49. The molecule has 1 atom stereocenters. The lowest BCUT2D eigenvalue weighted by molar-refractivity contribution is -2.00. The highest BCUT2D eigenvalue weighted by molar-refractivity contribution is 4.94. The number of rotatable bonds is 0. The van der Waals surface area contributed by atoms with Gasteiger partial charge >= 0.3 is 0 Å². The molecular formula is C8H14ClNO4. The number of hydrogen-bond acceptors (Lipinski definition) is 5. The summed E-state index contributed by atoms with van der Waals surface area (Å²) in [5.74, 6) is 0. The summed E-state index contributed by atoms with van der Waals surface area (Å²) in [5.41, 5.74) is 0. The van der Waals surface area contributed by atoms with Crippen LogP contribution in [0.1, 0.15) is 25.7 Å². The third-order valence-corrected chi connectivity index (χ3v) is 2.52. The van der Waals surface area contributed by atoms with E-state index in [9.17, 15) is 0 Å². The first-order valence-electron chi connectivity index (χ1n) is 4.66. The second kappa shape index (κ2) is 5.16. The van der Waals surface area contributed by atoms with Crippen LogP contribution in [0.5, 0.6) is 0 Å². The van der Waals surface area contributed by atoms with E-state index in [1.165, 1.54) is 38.8 Å². The van der Waals surface area contributed by atoms with Crippen LogP contribution in [0.15, 0.2) is 0 Å². The van der Waals surface area contributed by atoms with Crippen LogP contribution < -0.4 is 18.6 Å². The van der Waals surface area contributed by atoms with E-state index in [1.807, 2.05) is 0 Å². The van der Waals surface area contributed by atoms with Gasteiger partial charge < -0.3 is 0 Å². The van der Waals surface area contributed by atoms with Crippen molar-refractivity contribution < 1.29 is 28.9 Å². The van der Waals surface area contributed by atoms with Gasteiger partial charge in [0.1, 0.15) is 6.42 Å². The van der Waals surface area contributed by atoms with Gasteiger partial charge in [-0.2, -0.15) is 0 Å². The number of nitrogens with zero attached hydrogens (tertiary/aromatic N) is 1. The van der Waals surface area contributed by atoms with Crippen molar-refractivity contribution in [2.24, 2.45) is 0 Å². The first-order valence-corrected chi connectivity index (χ1v) is 5.89. The molecule has 0 aromatic rings. The summed E-state index contributed by atoms with van der Waals surface area (Å²) in [6.07, 6.45) is 8.14. The molecule has 0 aliphatic carbocycles. The van der Waals surface area contributed by atoms with Gasteiger partial charge in [-0.3, -0.25) is 4.90 Å². The molecule has 0 radical (unpaired) electrons. The van der Waals surface area contributed by atoms with Crippen molar-refractivity contribution in [2.75, 3.05) is 13.1 Å². The fraction of sp³-hybridized carbons (Fsp3) is 0.875. The summed E-state index contributed by atoms with van der Waals surface area (Å²) in [5, 5.41) is 0. The van der Waals surface area contributed by atoms with Crippen LogP contribution in [0.2, 0.25) is 0 Å². The largest absolute Gasteiger partial charge is 0.259 e. The second-order valence-corrected chi connectivity index (χ2v) is 4.26. The van der Waals surface area contributed by atoms with Gasteiger partial charge in [-0.25, -0.2) is 18.6 Å². The molecule has 0 saturated carbocycles. The van der Waals surface area contributed by atoms with E-state index in [2.05, 4.69) is 11.3 Å². The molecule has 0 amide bonds. The molecule has 2 aliphatic heterocycles. The highest BCUT2D eigenvalue weighted by Crippen LogP contribution is 2.25. The van der Waals surface area contributed by atoms with E-state index in [1.54, 1.807) is 0 Å². The zero-order valence-corrected chi connectivity index (χ0v) is 8.61. The maximum absolute atomic E-state index is 8.49. The summed E-state index contributed by atoms with van der Waals surface area (Å²) < 4.78 is 34.0. The minimum absolute atomic E-state index is 0.874. The lowest BCUT2D eigenvalue weighted by Gasteiger charge is -2.23. The molecule has 2 fully saturated rings. The van der Waals surface area contributed by atoms with E-state index in [0.29, 0.717) is 0 Å². The Kier molecular flexibility index (Phi) is 4.43. The maximum Gasteiger partial charge on any atom is 0.151 e. The Balaban J connectivity index is 0.000000171. The average Bonchev–Trinajstić information content (AvgIpc) is 2.47. The van der Waals surface area contributed by atoms with Crippen molar-refractivity contribution in [3.05, 3.63) is 6.42 Å². The molecule has 2 heterocycles. The number of hydrogen-bond donors (Lipinski definition) is 0. The van der Waals surface area contributed by atoms with Crippen molar-refractivity contribution in [3.8, 4) is 0 Å². The quantitative estimate of drug-likeness (QED) is 0.401. The van der Waals surface area contributed by atoms with E-state index in [0.717, 1.165) is 6.04 Å². The highest BCUT2D eigenvalue weighted by Gasteiger charge is 2.33. The van der Waals surface area contributed by atoms with Crippen LogP contribution in [0, 0.1) is 16.7 Å². The molecule has 82 valence electrons. The van der Waals surface area contributed by atoms with Gasteiger partial charge in [-0.05, 0) is 12.8 Å². The molecule has 2 saturated heterocycles. The molecule has 0 N–H and O–H groups in total. The first-order chi connectivity index (χ1) is 6.47. The average molecular weight is 224 g/mol. The first kappa shape index (κ1) is 12.0. The van der Waals surface area contributed by atoms with Crippen molar-refractivity contribution in [1.82, 2.24) is 4.90 Å². The zero-order valence-electron chi connectivity index (χ0n) is 7.86. The molecule has 2 rings (SSSR count). The molecule has 0 aromatic heterocycles. The highest BCUT2D eigenvalue weighted by atomic mass is 35.7. The number of fused-ring (bicyclic) bond motifs is 1. The van der Waals surface area contributed by atoms with E-state index in [-0.39, 0.29) is 0 Å². The van der Waals surface area contributed by atoms with Crippen molar-refractivity contribution in [2.45, 2.75) is 31.7 Å². The third-order valence-electron chi connectivity index (χ3n) is 2.52. The molecule has 14 heavy (non-hydrogen) atoms. The van der Waals surface area contributed by atoms with Crippen molar-refractivity contribution >= 4 is 0 Å². The molecule has 5 nitrogen and oxygen atoms in total. The minimum Gasteiger partial charge on any atom is -0.259 e. The lowest BCUT2D eigenvalue weighted by atomic mass is 10.0. The third kappa shape index (κ3) is 4.99. The Bertz CT molecular complexity index is 155. The number of piperidine rings is 1. The Morgan fingerprint density at radius 3 is 2.29 bits per heavy atom. The molecule has 0 spiro atoms. The Hall–Kier alpha value is -0.0400. The van der Waals surface area contributed by atoms with Gasteiger partial charge in [0.25, 0.3) is 0 Å². The lowest BCUT2D eigenvalue weighted by Crippen LogP contribution is -2.68. The molecular weight excluding hydrogens is 210 g/mol. The predicted molar refractivity (Wildman–Crippen MR) is 38.1 cm³/mol. The smallest absolute Gasteiger partial charge is 0.151 e. The fourth-order valence-electron chi connectivity index (χ4n) is 1.99. The summed E-state index contributed by atoms with van der Waals surface area (Å²) in [6.45, 7) is 2.70. The fourth-order valence-corrected chi connectivity index (χ4v) is 1.99. The van der Waals surface area contributed by atoms with Gasteiger partial charge in [-0.15, -0.1) is 10.2 Å². The van der Waals surface area contributed by atoms with Crippen LogP contribution in [0.25, 0.3) is 0 Å². The molecule has 6 heteroatoms. The summed E-state index contributed by atoms with van der Waals surface area (Å²) in [6, 6.07) is 0.874. The standard InChI is InChI=1S/C8H14N.ClHO4/c1-2-6-9-7-3-5-8(9)4-1;2-1(3,4)5/h5,8H,1-4,6-7H2;(H,2,3,4,5)/q+1;/p-1. The van der Waals surface area contributed by atoms with E-state index in [4.69, 9.17) is 18.6 Å². The summed E-state index contributed by atoms with van der Waals surface area (Å²) >= 11 is 0. The Morgan fingerprint density at radius 2 is 1.71 bits per heavy atom. The topological polar surface area (TPSA) is 95.5 Å². The predicted octanol–water partition coefficient (Wildman–Crippen LogP) is -3.31. The Labute approximate surface area is 85.7 Å². The van der Waals surface area contributed by atoms with E-state index >= 15 is 0 Å². The van der Waals surface area contributed by atoms with Gasteiger partial charge in [-0.1, -0.05) is 0 Å². The second-order valence-electron chi connectivity index (χ2n) is 3.50. The monoisotopic (exact) mass is 223 g/mol. The number of halogens is 1. The van der Waals surface area contributed by atoms with Gasteiger partial charge in [0.05, 0.1) is 6.42 Å². The molecule has 0 bridgehead atoms. The van der Waals surface area contributed by atoms with Crippen LogP contribution in [-0.4, -0.2) is 24.0 Å². The van der Waals surface area contributed by atoms with Crippen LogP contribution in [0.4, 0.5) is 0 Å². The van der Waals surface area contributed by atoms with E-state index < -0.39 is 10.2 Å². The van der Waals surface area contributed by atoms with Crippen LogP contribution in [-0.2, 0) is 0 Å². The molecule has 2 aliphatic rings. The summed E-state index contributed by atoms with van der Waals surface area (Å²) in [4.78, 5) is 2.61. The summed E-state index contributed by atoms with van der Waals surface area (Å²) in [7, 11) is -4.94. The SMILES string of the molecule is [CH+]1CCN2CCCCC12.[O-][Cl+3]([O-])([O-])[O-]. The van der Waals surface area contributed by atoms with Gasteiger partial charge in [0.2, 0.25) is 0 Å². The molecule has 1 unspecified atom stereocenters. The van der Waals surface area contributed by atoms with Gasteiger partial charge in [0, 0.05) is 19.5 Å². The normalized spacial score (nSPS) is 27.3. The minimum atomic E-state index is -4.94. The van der Waals surface area contributed by atoms with Crippen LogP contribution in [0.3, 0.4) is 0 Å². The Morgan fingerprint density at radius 1 is 1.07 bits per heavy atom. The van der Waals surface area contributed by atoms with Crippen molar-refractivity contribution in [3.63, 3.8) is 0 Å². The molecule has 0 aromatic carbocycles. The van der Waals surface area contributed by atoms with Crippen molar-refractivity contribution in [1.29, 1.82) is 0 Å².